The Balaban J connectivity index is 1.50. The van der Waals surface area contributed by atoms with E-state index < -0.39 is 0 Å². The zero-order chi connectivity index (χ0) is 16.1. The maximum absolute atomic E-state index is 12.0. The predicted octanol–water partition coefficient (Wildman–Crippen LogP) is 3.67. The van der Waals surface area contributed by atoms with E-state index in [4.69, 9.17) is 0 Å². The zero-order valence-electron chi connectivity index (χ0n) is 13.0. The van der Waals surface area contributed by atoms with Gasteiger partial charge in [0.05, 0.1) is 22.0 Å². The third-order valence-corrected chi connectivity index (χ3v) is 4.74. The van der Waals surface area contributed by atoms with Crippen molar-refractivity contribution < 1.29 is 4.79 Å². The van der Waals surface area contributed by atoms with Crippen molar-refractivity contribution >= 4 is 28.7 Å². The third kappa shape index (κ3) is 4.13. The largest absolute Gasteiger partial charge is 0.351 e. The van der Waals surface area contributed by atoms with Gasteiger partial charge < -0.3 is 10.3 Å². The number of H-pyrrole nitrogens is 1. The molecule has 0 bridgehead atoms. The molecule has 1 unspecified atom stereocenters. The molecule has 1 heterocycles. The normalized spacial score (nSPS) is 12.2. The van der Waals surface area contributed by atoms with E-state index in [0.29, 0.717) is 12.3 Å². The van der Waals surface area contributed by atoms with E-state index in [0.717, 1.165) is 22.4 Å². The molecule has 2 N–H and O–H groups in total. The van der Waals surface area contributed by atoms with Crippen LogP contribution < -0.4 is 5.32 Å². The molecule has 118 valence electrons. The van der Waals surface area contributed by atoms with Gasteiger partial charge in [-0.3, -0.25) is 4.79 Å². The minimum Gasteiger partial charge on any atom is -0.351 e. The third-order valence-electron chi connectivity index (χ3n) is 3.59. The number of aromatic nitrogens is 2. The van der Waals surface area contributed by atoms with Gasteiger partial charge in [-0.05, 0) is 24.6 Å². The van der Waals surface area contributed by atoms with Crippen LogP contribution in [0.15, 0.2) is 54.6 Å². The van der Waals surface area contributed by atoms with Crippen molar-refractivity contribution in [3.05, 3.63) is 66.0 Å². The van der Waals surface area contributed by atoms with Crippen LogP contribution in [0.5, 0.6) is 0 Å². The quantitative estimate of drug-likeness (QED) is 0.727. The summed E-state index contributed by atoms with van der Waals surface area (Å²) in [6.45, 7) is 2.63. The minimum absolute atomic E-state index is 0.0433. The number of thioether (sulfide) groups is 1. The van der Waals surface area contributed by atoms with Gasteiger partial charge in [-0.15, -0.1) is 11.8 Å². The standard InChI is InChI=1S/C18H19N3OS/c1-13(18-20-15-9-5-6-10-16(15)21-18)23-12-17(22)19-11-14-7-3-2-4-8-14/h2-10,13H,11-12H2,1H3,(H,19,22)(H,20,21). The summed E-state index contributed by atoms with van der Waals surface area (Å²) in [5.41, 5.74) is 3.10. The molecular weight excluding hydrogens is 306 g/mol. The van der Waals surface area contributed by atoms with Gasteiger partial charge in [0.1, 0.15) is 5.82 Å². The molecule has 0 saturated carbocycles. The molecule has 5 heteroatoms. The average Bonchev–Trinajstić information content (AvgIpc) is 3.03. The summed E-state index contributed by atoms with van der Waals surface area (Å²) >= 11 is 1.58. The van der Waals surface area contributed by atoms with Gasteiger partial charge in [-0.25, -0.2) is 4.98 Å². The zero-order valence-corrected chi connectivity index (χ0v) is 13.8. The number of benzene rings is 2. The number of hydrogen-bond acceptors (Lipinski definition) is 3. The molecule has 23 heavy (non-hydrogen) atoms. The lowest BCUT2D eigenvalue weighted by molar-refractivity contribution is -0.118. The smallest absolute Gasteiger partial charge is 0.230 e. The number of rotatable bonds is 6. The fourth-order valence-electron chi connectivity index (χ4n) is 2.29. The van der Waals surface area contributed by atoms with E-state index in [1.165, 1.54) is 0 Å². The summed E-state index contributed by atoms with van der Waals surface area (Å²) < 4.78 is 0. The van der Waals surface area contributed by atoms with Crippen molar-refractivity contribution in [1.29, 1.82) is 0 Å². The Morgan fingerprint density at radius 2 is 1.91 bits per heavy atom. The van der Waals surface area contributed by atoms with Gasteiger partial charge in [0.15, 0.2) is 0 Å². The Hall–Kier alpha value is -2.27. The fourth-order valence-corrected chi connectivity index (χ4v) is 3.07. The first-order chi connectivity index (χ1) is 11.2. The number of carbonyl (C=O) groups is 1. The van der Waals surface area contributed by atoms with Gasteiger partial charge >= 0.3 is 0 Å². The maximum atomic E-state index is 12.0. The monoisotopic (exact) mass is 325 g/mol. The van der Waals surface area contributed by atoms with Crippen LogP contribution in [0.1, 0.15) is 23.6 Å². The first kappa shape index (κ1) is 15.6. The van der Waals surface area contributed by atoms with Crippen LogP contribution in [0.25, 0.3) is 11.0 Å². The summed E-state index contributed by atoms with van der Waals surface area (Å²) in [5.74, 6) is 1.37. The van der Waals surface area contributed by atoms with E-state index >= 15 is 0 Å². The van der Waals surface area contributed by atoms with Crippen LogP contribution in [-0.4, -0.2) is 21.6 Å². The second-order valence-corrected chi connectivity index (χ2v) is 6.68. The van der Waals surface area contributed by atoms with E-state index in [1.807, 2.05) is 54.6 Å². The lowest BCUT2D eigenvalue weighted by Crippen LogP contribution is -2.24. The highest BCUT2D eigenvalue weighted by Crippen LogP contribution is 2.27. The van der Waals surface area contributed by atoms with Gasteiger partial charge in [-0.1, -0.05) is 42.5 Å². The summed E-state index contributed by atoms with van der Waals surface area (Å²) in [4.78, 5) is 19.9. The van der Waals surface area contributed by atoms with Gasteiger partial charge in [0.25, 0.3) is 0 Å². The number of aromatic amines is 1. The number of amides is 1. The molecule has 0 fully saturated rings. The van der Waals surface area contributed by atoms with Crippen LogP contribution in [0.2, 0.25) is 0 Å². The molecule has 1 amide bonds. The highest BCUT2D eigenvalue weighted by molar-refractivity contribution is 8.00. The topological polar surface area (TPSA) is 57.8 Å². The van der Waals surface area contributed by atoms with Crippen molar-refractivity contribution in [3.8, 4) is 0 Å². The molecule has 0 aliphatic carbocycles. The number of fused-ring (bicyclic) bond motifs is 1. The molecule has 0 saturated heterocycles. The first-order valence-corrected chi connectivity index (χ1v) is 8.64. The van der Waals surface area contributed by atoms with Crippen molar-refractivity contribution in [2.75, 3.05) is 5.75 Å². The van der Waals surface area contributed by atoms with Crippen LogP contribution >= 0.6 is 11.8 Å². The molecule has 0 radical (unpaired) electrons. The van der Waals surface area contributed by atoms with Crippen molar-refractivity contribution in [1.82, 2.24) is 15.3 Å². The van der Waals surface area contributed by atoms with Gasteiger partial charge in [0.2, 0.25) is 5.91 Å². The van der Waals surface area contributed by atoms with Crippen LogP contribution in [0, 0.1) is 0 Å². The second kappa shape index (κ2) is 7.33. The van der Waals surface area contributed by atoms with E-state index in [-0.39, 0.29) is 11.2 Å². The maximum Gasteiger partial charge on any atom is 0.230 e. The summed E-state index contributed by atoms with van der Waals surface area (Å²) in [6, 6.07) is 17.9. The number of hydrogen-bond donors (Lipinski definition) is 2. The Kier molecular flexibility index (Phi) is 4.98. The second-order valence-electron chi connectivity index (χ2n) is 5.35. The molecule has 3 aromatic rings. The molecule has 2 aromatic carbocycles. The molecule has 0 spiro atoms. The van der Waals surface area contributed by atoms with Crippen molar-refractivity contribution in [2.24, 2.45) is 0 Å². The van der Waals surface area contributed by atoms with E-state index in [9.17, 15) is 4.79 Å². The lowest BCUT2D eigenvalue weighted by atomic mass is 10.2. The molecule has 3 rings (SSSR count). The predicted molar refractivity (Wildman–Crippen MR) is 95.3 cm³/mol. The number of nitrogens with one attached hydrogen (secondary N) is 2. The number of imidazole rings is 1. The van der Waals surface area contributed by atoms with Crippen molar-refractivity contribution in [3.63, 3.8) is 0 Å². The molecular formula is C18H19N3OS. The van der Waals surface area contributed by atoms with E-state index in [2.05, 4.69) is 22.2 Å². The van der Waals surface area contributed by atoms with Gasteiger partial charge in [-0.2, -0.15) is 0 Å². The van der Waals surface area contributed by atoms with E-state index in [1.54, 1.807) is 11.8 Å². The minimum atomic E-state index is 0.0433. The Bertz CT molecular complexity index is 752. The van der Waals surface area contributed by atoms with Crippen molar-refractivity contribution in [2.45, 2.75) is 18.7 Å². The van der Waals surface area contributed by atoms with Crippen LogP contribution in [0.4, 0.5) is 0 Å². The lowest BCUT2D eigenvalue weighted by Gasteiger charge is -2.09. The number of para-hydroxylation sites is 2. The van der Waals surface area contributed by atoms with Crippen LogP contribution in [0.3, 0.4) is 0 Å². The molecule has 1 atom stereocenters. The average molecular weight is 325 g/mol. The first-order valence-electron chi connectivity index (χ1n) is 7.59. The van der Waals surface area contributed by atoms with Gasteiger partial charge in [0, 0.05) is 6.54 Å². The molecule has 4 nitrogen and oxygen atoms in total. The Morgan fingerprint density at radius 3 is 2.70 bits per heavy atom. The summed E-state index contributed by atoms with van der Waals surface area (Å²) in [5, 5.41) is 3.09. The Labute approximate surface area is 139 Å². The molecule has 1 aromatic heterocycles. The fraction of sp³-hybridized carbons (Fsp3) is 0.222. The summed E-state index contributed by atoms with van der Waals surface area (Å²) in [6.07, 6.45) is 0. The number of nitrogens with zero attached hydrogens (tertiary/aromatic N) is 1. The molecule has 0 aliphatic rings. The highest BCUT2D eigenvalue weighted by atomic mass is 32.2. The summed E-state index contributed by atoms with van der Waals surface area (Å²) in [7, 11) is 0. The highest BCUT2D eigenvalue weighted by Gasteiger charge is 2.13. The molecule has 0 aliphatic heterocycles. The Morgan fingerprint density at radius 1 is 1.17 bits per heavy atom. The van der Waals surface area contributed by atoms with Crippen LogP contribution in [-0.2, 0) is 11.3 Å². The SMILES string of the molecule is CC(SCC(=O)NCc1ccccc1)c1nc2ccccc2[nH]1. The number of carbonyl (C=O) groups excluding carboxylic acids is 1.